The van der Waals surface area contributed by atoms with Crippen molar-refractivity contribution in [1.82, 2.24) is 19.8 Å². The topological polar surface area (TPSA) is 75.2 Å². The van der Waals surface area contributed by atoms with Crippen LogP contribution in [0.3, 0.4) is 0 Å². The van der Waals surface area contributed by atoms with Crippen LogP contribution >= 0.6 is 11.5 Å². The second-order valence-electron chi connectivity index (χ2n) is 8.37. The van der Waals surface area contributed by atoms with Crippen LogP contribution in [0.1, 0.15) is 54.0 Å². The van der Waals surface area contributed by atoms with Gasteiger partial charge in [0.25, 0.3) is 5.91 Å². The number of rotatable bonds is 6. The fourth-order valence-electron chi connectivity index (χ4n) is 3.16. The summed E-state index contributed by atoms with van der Waals surface area (Å²) in [5.41, 5.74) is 1.55. The van der Waals surface area contributed by atoms with Crippen molar-refractivity contribution in [3.05, 3.63) is 82.1 Å². The lowest BCUT2D eigenvalue weighted by Crippen LogP contribution is -2.49. The number of hydrogen-bond donors (Lipinski definition) is 1. The van der Waals surface area contributed by atoms with E-state index in [2.05, 4.69) is 14.9 Å². The zero-order valence-electron chi connectivity index (χ0n) is 17.9. The molecular weight excluding hydrogens is 415 g/mol. The molecular formula is C23H25FN4O2S. The number of carbonyl (C=O) groups excluding carboxylic acids is 2. The zero-order valence-corrected chi connectivity index (χ0v) is 18.7. The Labute approximate surface area is 185 Å². The minimum atomic E-state index is -1.18. The second-order valence-corrected chi connectivity index (χ2v) is 8.98. The van der Waals surface area contributed by atoms with Gasteiger partial charge in [-0.3, -0.25) is 9.59 Å². The van der Waals surface area contributed by atoms with Gasteiger partial charge in [0.05, 0.1) is 0 Å². The van der Waals surface area contributed by atoms with Gasteiger partial charge in [-0.15, -0.1) is 5.10 Å². The van der Waals surface area contributed by atoms with Crippen LogP contribution in [-0.2, 0) is 11.3 Å². The third-order valence-corrected chi connectivity index (χ3v) is 5.08. The van der Waals surface area contributed by atoms with Crippen LogP contribution in [-0.4, -0.2) is 31.8 Å². The highest BCUT2D eigenvalue weighted by Gasteiger charge is 2.36. The highest BCUT2D eigenvalue weighted by atomic mass is 32.1. The van der Waals surface area contributed by atoms with Crippen LogP contribution in [0.15, 0.2) is 53.9 Å². The van der Waals surface area contributed by atoms with Gasteiger partial charge in [-0.25, -0.2) is 4.39 Å². The number of amides is 2. The van der Waals surface area contributed by atoms with Crippen LogP contribution in [0.25, 0.3) is 0 Å². The molecule has 1 unspecified atom stereocenters. The average Bonchev–Trinajstić information content (AvgIpc) is 3.23. The summed E-state index contributed by atoms with van der Waals surface area (Å²) < 4.78 is 18.6. The molecule has 0 radical (unpaired) electrons. The fraction of sp³-hybridized carbons (Fsp3) is 0.304. The van der Waals surface area contributed by atoms with Gasteiger partial charge in [-0.05, 0) is 50.9 Å². The third-order valence-electron chi connectivity index (χ3n) is 4.57. The normalized spacial score (nSPS) is 12.3. The van der Waals surface area contributed by atoms with E-state index in [1.165, 1.54) is 22.4 Å². The summed E-state index contributed by atoms with van der Waals surface area (Å²) in [6.45, 7) is 7.57. The number of aromatic nitrogens is 2. The summed E-state index contributed by atoms with van der Waals surface area (Å²) >= 11 is 1.04. The van der Waals surface area contributed by atoms with Crippen LogP contribution in [0.4, 0.5) is 4.39 Å². The highest BCUT2D eigenvalue weighted by Crippen LogP contribution is 2.28. The van der Waals surface area contributed by atoms with Crippen LogP contribution in [0.5, 0.6) is 0 Å². The van der Waals surface area contributed by atoms with E-state index >= 15 is 0 Å². The number of nitrogens with zero attached hydrogens (tertiary/aromatic N) is 3. The van der Waals surface area contributed by atoms with E-state index in [1.54, 1.807) is 12.1 Å². The number of halogens is 1. The quantitative estimate of drug-likeness (QED) is 0.621. The Balaban J connectivity index is 2.11. The van der Waals surface area contributed by atoms with Crippen LogP contribution in [0, 0.1) is 12.7 Å². The van der Waals surface area contributed by atoms with Crippen molar-refractivity contribution < 1.29 is 14.0 Å². The zero-order chi connectivity index (χ0) is 22.6. The van der Waals surface area contributed by atoms with Gasteiger partial charge in [-0.2, -0.15) is 0 Å². The van der Waals surface area contributed by atoms with Gasteiger partial charge in [0, 0.05) is 23.0 Å². The fourth-order valence-corrected chi connectivity index (χ4v) is 3.59. The standard InChI is InChI=1S/C23H25FN4O2S/c1-15-9-11-16(12-10-15)13-28(22(30)19-14-31-27-26-19)20(21(29)25-23(2,3)4)17-7-5-6-8-18(17)24/h5-12,14,20H,13H2,1-4H3,(H,25,29). The molecule has 162 valence electrons. The lowest BCUT2D eigenvalue weighted by molar-refractivity contribution is -0.127. The largest absolute Gasteiger partial charge is 0.349 e. The molecule has 3 rings (SSSR count). The Hall–Kier alpha value is -3.13. The molecule has 1 N–H and O–H groups in total. The lowest BCUT2D eigenvalue weighted by Gasteiger charge is -2.33. The summed E-state index contributed by atoms with van der Waals surface area (Å²) in [4.78, 5) is 28.1. The van der Waals surface area contributed by atoms with Crippen molar-refractivity contribution in [2.75, 3.05) is 0 Å². The summed E-state index contributed by atoms with van der Waals surface area (Å²) in [6.07, 6.45) is 0. The van der Waals surface area contributed by atoms with E-state index < -0.39 is 29.2 Å². The monoisotopic (exact) mass is 440 g/mol. The Bertz CT molecular complexity index is 1050. The summed E-state index contributed by atoms with van der Waals surface area (Å²) in [5.74, 6) is -1.53. The lowest BCUT2D eigenvalue weighted by atomic mass is 10.00. The number of aryl methyl sites for hydroxylation is 1. The number of hydrogen-bond acceptors (Lipinski definition) is 5. The summed E-state index contributed by atoms with van der Waals surface area (Å²) in [6, 6.07) is 12.4. The molecule has 8 heteroatoms. The highest BCUT2D eigenvalue weighted by molar-refractivity contribution is 7.03. The van der Waals surface area contributed by atoms with Crippen LogP contribution < -0.4 is 5.32 Å². The van der Waals surface area contributed by atoms with E-state index in [0.29, 0.717) is 0 Å². The van der Waals surface area contributed by atoms with E-state index in [4.69, 9.17) is 0 Å². The SMILES string of the molecule is Cc1ccc(CN(C(=O)c2csnn2)C(C(=O)NC(C)(C)C)c2ccccc2F)cc1. The van der Waals surface area contributed by atoms with E-state index in [1.807, 2.05) is 52.0 Å². The number of nitrogens with one attached hydrogen (secondary N) is 1. The predicted molar refractivity (Wildman–Crippen MR) is 118 cm³/mol. The van der Waals surface area contributed by atoms with E-state index in [0.717, 1.165) is 22.7 Å². The van der Waals surface area contributed by atoms with Crippen molar-refractivity contribution in [2.45, 2.75) is 45.8 Å². The Morgan fingerprint density at radius 3 is 2.39 bits per heavy atom. The second kappa shape index (κ2) is 9.34. The van der Waals surface area contributed by atoms with Gasteiger partial charge in [0.2, 0.25) is 5.91 Å². The van der Waals surface area contributed by atoms with E-state index in [9.17, 15) is 14.0 Å². The van der Waals surface area contributed by atoms with Crippen molar-refractivity contribution in [3.63, 3.8) is 0 Å². The van der Waals surface area contributed by atoms with E-state index in [-0.39, 0.29) is 17.8 Å². The molecule has 2 amide bonds. The smallest absolute Gasteiger partial charge is 0.276 e. The van der Waals surface area contributed by atoms with Gasteiger partial charge < -0.3 is 10.2 Å². The Morgan fingerprint density at radius 2 is 1.81 bits per heavy atom. The van der Waals surface area contributed by atoms with Crippen LogP contribution in [0.2, 0.25) is 0 Å². The first-order valence-corrected chi connectivity index (χ1v) is 10.7. The molecule has 0 spiro atoms. The van der Waals surface area contributed by atoms with Crippen molar-refractivity contribution in [1.29, 1.82) is 0 Å². The van der Waals surface area contributed by atoms with Gasteiger partial charge in [0.1, 0.15) is 11.9 Å². The van der Waals surface area contributed by atoms with Crippen molar-refractivity contribution >= 4 is 23.3 Å². The maximum absolute atomic E-state index is 14.8. The molecule has 0 bridgehead atoms. The minimum Gasteiger partial charge on any atom is -0.349 e. The first kappa shape index (κ1) is 22.6. The predicted octanol–water partition coefficient (Wildman–Crippen LogP) is 4.28. The summed E-state index contributed by atoms with van der Waals surface area (Å²) in [5, 5.41) is 8.28. The molecule has 0 saturated carbocycles. The molecule has 3 aromatic rings. The maximum atomic E-state index is 14.8. The maximum Gasteiger partial charge on any atom is 0.276 e. The van der Waals surface area contributed by atoms with Gasteiger partial charge in [-0.1, -0.05) is 52.5 Å². The van der Waals surface area contributed by atoms with Gasteiger partial charge in [0.15, 0.2) is 5.69 Å². The molecule has 1 aromatic heterocycles. The molecule has 6 nitrogen and oxygen atoms in total. The number of carbonyl (C=O) groups is 2. The van der Waals surface area contributed by atoms with Crippen molar-refractivity contribution in [3.8, 4) is 0 Å². The Morgan fingerprint density at radius 1 is 1.13 bits per heavy atom. The molecule has 1 atom stereocenters. The molecule has 31 heavy (non-hydrogen) atoms. The molecule has 2 aromatic carbocycles. The van der Waals surface area contributed by atoms with Gasteiger partial charge >= 0.3 is 0 Å². The molecule has 1 heterocycles. The first-order chi connectivity index (χ1) is 14.7. The first-order valence-electron chi connectivity index (χ1n) is 9.86. The molecule has 0 aliphatic carbocycles. The Kier molecular flexibility index (Phi) is 6.80. The number of benzene rings is 2. The molecule has 0 fully saturated rings. The minimum absolute atomic E-state index is 0.104. The molecule has 0 aliphatic heterocycles. The average molecular weight is 441 g/mol. The summed E-state index contributed by atoms with van der Waals surface area (Å²) in [7, 11) is 0. The molecule has 0 aliphatic rings. The third kappa shape index (κ3) is 5.73. The molecule has 0 saturated heterocycles. The van der Waals surface area contributed by atoms with Crippen molar-refractivity contribution in [2.24, 2.45) is 0 Å².